The van der Waals surface area contributed by atoms with Crippen molar-refractivity contribution in [2.24, 2.45) is 0 Å². The Hall–Kier alpha value is -0.930. The summed E-state index contributed by atoms with van der Waals surface area (Å²) in [5.41, 5.74) is 1.11. The highest BCUT2D eigenvalue weighted by molar-refractivity contribution is 5.03. The van der Waals surface area contributed by atoms with Crippen LogP contribution in [-0.4, -0.2) is 31.3 Å². The number of nitrogens with zero attached hydrogens (tertiary/aromatic N) is 1. The highest BCUT2D eigenvalue weighted by Crippen LogP contribution is 1.98. The summed E-state index contributed by atoms with van der Waals surface area (Å²) < 4.78 is 5.58. The van der Waals surface area contributed by atoms with Gasteiger partial charge >= 0.3 is 0 Å². The van der Waals surface area contributed by atoms with E-state index < -0.39 is 0 Å². The quantitative estimate of drug-likeness (QED) is 0.634. The molecule has 0 saturated carbocycles. The number of nitrogens with one attached hydrogen (secondary N) is 1. The Morgan fingerprint density at radius 1 is 1.18 bits per heavy atom. The van der Waals surface area contributed by atoms with Crippen molar-refractivity contribution in [2.75, 3.05) is 26.3 Å². The normalized spacial score (nSPS) is 10.6. The van der Waals surface area contributed by atoms with Crippen LogP contribution in [0.3, 0.4) is 0 Å². The second-order valence-corrected chi connectivity index (χ2v) is 4.10. The molecule has 0 unspecified atom stereocenters. The molecule has 17 heavy (non-hydrogen) atoms. The van der Waals surface area contributed by atoms with Crippen LogP contribution in [0.5, 0.6) is 0 Å². The minimum atomic E-state index is 0.782. The van der Waals surface area contributed by atoms with Gasteiger partial charge in [-0.15, -0.1) is 0 Å². The summed E-state index contributed by atoms with van der Waals surface area (Å²) in [5.74, 6) is 0. The molecule has 0 amide bonds. The SMILES string of the molecule is CCNCCCCCOCCc1ccccn1. The van der Waals surface area contributed by atoms with Gasteiger partial charge in [0, 0.05) is 24.9 Å². The van der Waals surface area contributed by atoms with E-state index in [0.29, 0.717) is 0 Å². The second-order valence-electron chi connectivity index (χ2n) is 4.10. The van der Waals surface area contributed by atoms with Crippen molar-refractivity contribution >= 4 is 0 Å². The van der Waals surface area contributed by atoms with E-state index in [9.17, 15) is 0 Å². The van der Waals surface area contributed by atoms with E-state index in [-0.39, 0.29) is 0 Å². The lowest BCUT2D eigenvalue weighted by molar-refractivity contribution is 0.132. The maximum atomic E-state index is 5.58. The van der Waals surface area contributed by atoms with Gasteiger partial charge in [0.05, 0.1) is 6.61 Å². The lowest BCUT2D eigenvalue weighted by Crippen LogP contribution is -2.13. The highest BCUT2D eigenvalue weighted by atomic mass is 16.5. The van der Waals surface area contributed by atoms with Crippen LogP contribution in [0.1, 0.15) is 31.9 Å². The van der Waals surface area contributed by atoms with Crippen LogP contribution in [0, 0.1) is 0 Å². The van der Waals surface area contributed by atoms with Crippen molar-refractivity contribution < 1.29 is 4.74 Å². The van der Waals surface area contributed by atoms with Gasteiger partial charge in [0.1, 0.15) is 0 Å². The van der Waals surface area contributed by atoms with E-state index in [0.717, 1.165) is 44.8 Å². The topological polar surface area (TPSA) is 34.1 Å². The summed E-state index contributed by atoms with van der Waals surface area (Å²) >= 11 is 0. The van der Waals surface area contributed by atoms with E-state index >= 15 is 0 Å². The Labute approximate surface area is 105 Å². The van der Waals surface area contributed by atoms with Gasteiger partial charge in [-0.3, -0.25) is 4.98 Å². The highest BCUT2D eigenvalue weighted by Gasteiger charge is 1.94. The molecule has 0 atom stereocenters. The van der Waals surface area contributed by atoms with Crippen LogP contribution in [-0.2, 0) is 11.2 Å². The molecular formula is C14H24N2O. The van der Waals surface area contributed by atoms with Gasteiger partial charge in [0.25, 0.3) is 0 Å². The van der Waals surface area contributed by atoms with Gasteiger partial charge in [-0.05, 0) is 44.5 Å². The van der Waals surface area contributed by atoms with Crippen molar-refractivity contribution in [1.29, 1.82) is 0 Å². The predicted molar refractivity (Wildman–Crippen MR) is 71.2 cm³/mol. The lowest BCUT2D eigenvalue weighted by atomic mass is 10.2. The van der Waals surface area contributed by atoms with Gasteiger partial charge in [-0.25, -0.2) is 0 Å². The molecule has 0 aliphatic carbocycles. The van der Waals surface area contributed by atoms with Crippen LogP contribution in [0.2, 0.25) is 0 Å². The fourth-order valence-corrected chi connectivity index (χ4v) is 1.63. The first-order valence-electron chi connectivity index (χ1n) is 6.62. The van der Waals surface area contributed by atoms with Gasteiger partial charge in [-0.1, -0.05) is 13.0 Å². The van der Waals surface area contributed by atoms with Crippen molar-refractivity contribution in [3.63, 3.8) is 0 Å². The lowest BCUT2D eigenvalue weighted by Gasteiger charge is -2.04. The van der Waals surface area contributed by atoms with Gasteiger partial charge < -0.3 is 10.1 Å². The summed E-state index contributed by atoms with van der Waals surface area (Å²) in [7, 11) is 0. The van der Waals surface area contributed by atoms with Crippen LogP contribution in [0.25, 0.3) is 0 Å². The molecule has 3 nitrogen and oxygen atoms in total. The first-order chi connectivity index (χ1) is 8.43. The zero-order valence-corrected chi connectivity index (χ0v) is 10.8. The third-order valence-electron chi connectivity index (χ3n) is 2.62. The molecule has 96 valence electrons. The molecule has 0 bridgehead atoms. The smallest absolute Gasteiger partial charge is 0.0521 e. The molecule has 0 spiro atoms. The fourth-order valence-electron chi connectivity index (χ4n) is 1.63. The maximum absolute atomic E-state index is 5.58. The molecule has 1 aromatic rings. The molecule has 0 fully saturated rings. The Balaban J connectivity index is 1.85. The molecule has 0 aliphatic heterocycles. The summed E-state index contributed by atoms with van der Waals surface area (Å²) in [6, 6.07) is 6.00. The summed E-state index contributed by atoms with van der Waals surface area (Å²) in [6.45, 7) is 5.99. The molecule has 3 heteroatoms. The maximum Gasteiger partial charge on any atom is 0.0521 e. The van der Waals surface area contributed by atoms with Crippen LogP contribution in [0.4, 0.5) is 0 Å². The van der Waals surface area contributed by atoms with Crippen molar-refractivity contribution in [1.82, 2.24) is 10.3 Å². The molecule has 0 radical (unpaired) electrons. The van der Waals surface area contributed by atoms with Crippen molar-refractivity contribution in [3.05, 3.63) is 30.1 Å². The van der Waals surface area contributed by atoms with Crippen molar-refractivity contribution in [2.45, 2.75) is 32.6 Å². The van der Waals surface area contributed by atoms with E-state index in [1.54, 1.807) is 0 Å². The van der Waals surface area contributed by atoms with Crippen LogP contribution >= 0.6 is 0 Å². The average molecular weight is 236 g/mol. The third-order valence-corrected chi connectivity index (χ3v) is 2.62. The largest absolute Gasteiger partial charge is 0.381 e. The monoisotopic (exact) mass is 236 g/mol. The van der Waals surface area contributed by atoms with E-state index in [4.69, 9.17) is 4.74 Å². The Morgan fingerprint density at radius 3 is 2.88 bits per heavy atom. The van der Waals surface area contributed by atoms with E-state index in [2.05, 4.69) is 17.2 Å². The van der Waals surface area contributed by atoms with Gasteiger partial charge in [0.2, 0.25) is 0 Å². The Kier molecular flexibility index (Phi) is 8.51. The minimum Gasteiger partial charge on any atom is -0.381 e. The number of aromatic nitrogens is 1. The summed E-state index contributed by atoms with van der Waals surface area (Å²) in [6.07, 6.45) is 6.40. The minimum absolute atomic E-state index is 0.782. The number of rotatable bonds is 10. The molecule has 0 saturated heterocycles. The van der Waals surface area contributed by atoms with E-state index in [1.165, 1.54) is 12.8 Å². The van der Waals surface area contributed by atoms with Crippen LogP contribution < -0.4 is 5.32 Å². The van der Waals surface area contributed by atoms with E-state index in [1.807, 2.05) is 24.4 Å². The van der Waals surface area contributed by atoms with Gasteiger partial charge in [0.15, 0.2) is 0 Å². The van der Waals surface area contributed by atoms with Crippen molar-refractivity contribution in [3.8, 4) is 0 Å². The predicted octanol–water partition coefficient (Wildman–Crippen LogP) is 2.42. The average Bonchev–Trinajstić information content (AvgIpc) is 2.38. The zero-order chi connectivity index (χ0) is 12.2. The first kappa shape index (κ1) is 14.1. The number of hydrogen-bond acceptors (Lipinski definition) is 3. The molecule has 1 heterocycles. The van der Waals surface area contributed by atoms with Gasteiger partial charge in [-0.2, -0.15) is 0 Å². The summed E-state index contributed by atoms with van der Waals surface area (Å²) in [5, 5.41) is 3.32. The summed E-state index contributed by atoms with van der Waals surface area (Å²) in [4.78, 5) is 4.26. The fraction of sp³-hybridized carbons (Fsp3) is 0.643. The molecular weight excluding hydrogens is 212 g/mol. The molecule has 0 aliphatic rings. The zero-order valence-electron chi connectivity index (χ0n) is 10.8. The number of pyridine rings is 1. The number of unbranched alkanes of at least 4 members (excludes halogenated alkanes) is 2. The standard InChI is InChI=1S/C14H24N2O/c1-2-15-10-5-3-7-12-17-13-9-14-8-4-6-11-16-14/h4,6,8,11,15H,2-3,5,7,9-10,12-13H2,1H3. The number of ether oxygens (including phenoxy) is 1. The Morgan fingerprint density at radius 2 is 2.12 bits per heavy atom. The molecule has 1 aromatic heterocycles. The second kappa shape index (κ2) is 10.2. The third kappa shape index (κ3) is 7.88. The molecule has 1 N–H and O–H groups in total. The van der Waals surface area contributed by atoms with Crippen LogP contribution in [0.15, 0.2) is 24.4 Å². The molecule has 1 rings (SSSR count). The first-order valence-corrected chi connectivity index (χ1v) is 6.62. The Bertz CT molecular complexity index is 264. The molecule has 0 aromatic carbocycles. The number of hydrogen-bond donors (Lipinski definition) is 1.